The summed E-state index contributed by atoms with van der Waals surface area (Å²) in [6.07, 6.45) is 3.22. The Labute approximate surface area is 146 Å². The molecule has 0 aliphatic rings. The van der Waals surface area contributed by atoms with Crippen molar-refractivity contribution in [3.63, 3.8) is 0 Å². The van der Waals surface area contributed by atoms with Gasteiger partial charge < -0.3 is 14.0 Å². The molecule has 8 heteroatoms. The van der Waals surface area contributed by atoms with Crippen LogP contribution >= 0.6 is 22.6 Å². The molecule has 0 fully saturated rings. The highest BCUT2D eigenvalue weighted by Gasteiger charge is 2.22. The van der Waals surface area contributed by atoms with Gasteiger partial charge in [-0.3, -0.25) is 10.1 Å². The molecule has 122 valence electrons. The Hall–Kier alpha value is -2.10. The van der Waals surface area contributed by atoms with Crippen molar-refractivity contribution >= 4 is 40.4 Å². The van der Waals surface area contributed by atoms with Crippen LogP contribution in [0.5, 0.6) is 11.5 Å². The minimum Gasteiger partial charge on any atom is -0.493 e. The molecule has 0 aliphatic carbocycles. The lowest BCUT2D eigenvalue weighted by atomic mass is 10.1. The van der Waals surface area contributed by atoms with Crippen LogP contribution in [0.4, 0.5) is 5.69 Å². The van der Waals surface area contributed by atoms with Gasteiger partial charge >= 0.3 is 5.69 Å². The van der Waals surface area contributed by atoms with Crippen LogP contribution in [-0.2, 0) is 0 Å². The van der Waals surface area contributed by atoms with Crippen molar-refractivity contribution in [3.05, 3.63) is 42.8 Å². The minimum atomic E-state index is -0.506. The summed E-state index contributed by atoms with van der Waals surface area (Å²) in [6, 6.07) is 3.68. The van der Waals surface area contributed by atoms with Crippen molar-refractivity contribution in [1.82, 2.24) is 5.16 Å². The van der Waals surface area contributed by atoms with Gasteiger partial charge in [0.1, 0.15) is 0 Å². The summed E-state index contributed by atoms with van der Waals surface area (Å²) in [6.45, 7) is 3.96. The zero-order chi connectivity index (χ0) is 17.0. The van der Waals surface area contributed by atoms with E-state index in [2.05, 4.69) is 27.7 Å². The number of ether oxygens (including phenoxy) is 2. The number of nitrogens with zero attached hydrogens (tertiary/aromatic N) is 2. The van der Waals surface area contributed by atoms with Gasteiger partial charge in [-0.25, -0.2) is 0 Å². The minimum absolute atomic E-state index is 0.107. The van der Waals surface area contributed by atoms with Gasteiger partial charge in [-0.2, -0.15) is 0 Å². The molecule has 1 aromatic heterocycles. The number of hydrogen-bond donors (Lipinski definition) is 0. The molecule has 0 aliphatic heterocycles. The quantitative estimate of drug-likeness (QED) is 0.390. The number of halogens is 1. The highest BCUT2D eigenvalue weighted by Crippen LogP contribution is 2.34. The molecule has 1 aromatic carbocycles. The number of benzene rings is 1. The lowest BCUT2D eigenvalue weighted by Crippen LogP contribution is -1.98. The van der Waals surface area contributed by atoms with Crippen molar-refractivity contribution in [3.8, 4) is 11.5 Å². The smallest absolute Gasteiger partial charge is 0.338 e. The molecule has 0 unspecified atom stereocenters. The van der Waals surface area contributed by atoms with E-state index in [1.54, 1.807) is 19.3 Å². The number of aryl methyl sites for hydroxylation is 1. The highest BCUT2D eigenvalue weighted by atomic mass is 127. The van der Waals surface area contributed by atoms with Crippen LogP contribution in [0.3, 0.4) is 0 Å². The molecule has 0 saturated heterocycles. The van der Waals surface area contributed by atoms with E-state index < -0.39 is 4.92 Å². The van der Waals surface area contributed by atoms with Crippen molar-refractivity contribution in [2.24, 2.45) is 0 Å². The van der Waals surface area contributed by atoms with Crippen LogP contribution in [0.2, 0.25) is 0 Å². The topological polar surface area (TPSA) is 87.6 Å². The van der Waals surface area contributed by atoms with Gasteiger partial charge in [0.2, 0.25) is 5.76 Å². The lowest BCUT2D eigenvalue weighted by molar-refractivity contribution is -0.386. The lowest BCUT2D eigenvalue weighted by Gasteiger charge is -2.12. The van der Waals surface area contributed by atoms with Gasteiger partial charge in [0, 0.05) is 0 Å². The van der Waals surface area contributed by atoms with E-state index in [9.17, 15) is 10.1 Å². The second kappa shape index (κ2) is 7.44. The standard InChI is InChI=1S/C15H15IN2O5/c1-4-22-15-11(16)7-10(8-13(15)21-3)5-6-12-14(18(19)20)9(2)17-23-12/h5-8H,4H2,1-3H3. The van der Waals surface area contributed by atoms with E-state index in [1.807, 2.05) is 13.0 Å². The summed E-state index contributed by atoms with van der Waals surface area (Å²) in [5, 5.41) is 14.6. The zero-order valence-corrected chi connectivity index (χ0v) is 15.0. The van der Waals surface area contributed by atoms with E-state index in [4.69, 9.17) is 14.0 Å². The van der Waals surface area contributed by atoms with Crippen LogP contribution in [0.25, 0.3) is 12.2 Å². The van der Waals surface area contributed by atoms with Crippen LogP contribution in [0, 0.1) is 20.6 Å². The van der Waals surface area contributed by atoms with Crippen LogP contribution in [0.15, 0.2) is 16.7 Å². The number of methoxy groups -OCH3 is 1. The van der Waals surface area contributed by atoms with E-state index in [0.29, 0.717) is 18.1 Å². The number of rotatable bonds is 6. The SMILES string of the molecule is CCOc1c(I)cc(C=Cc2onc(C)c2[N+](=O)[O-])cc1OC. The fourth-order valence-corrected chi connectivity index (χ4v) is 2.79. The maximum atomic E-state index is 11.0. The molecule has 0 bridgehead atoms. The van der Waals surface area contributed by atoms with Gasteiger partial charge in [-0.1, -0.05) is 11.2 Å². The third kappa shape index (κ3) is 3.81. The van der Waals surface area contributed by atoms with E-state index in [1.165, 1.54) is 13.0 Å². The molecule has 0 amide bonds. The summed E-state index contributed by atoms with van der Waals surface area (Å²) in [5.41, 5.74) is 0.917. The van der Waals surface area contributed by atoms with Crippen molar-refractivity contribution in [2.75, 3.05) is 13.7 Å². The fraction of sp³-hybridized carbons (Fsp3) is 0.267. The Bertz CT molecular complexity index is 755. The average Bonchev–Trinajstić information content (AvgIpc) is 2.88. The molecule has 23 heavy (non-hydrogen) atoms. The van der Waals surface area contributed by atoms with Gasteiger partial charge in [0.25, 0.3) is 0 Å². The summed E-state index contributed by atoms with van der Waals surface area (Å²) in [5.74, 6) is 1.38. The largest absolute Gasteiger partial charge is 0.493 e. The summed E-state index contributed by atoms with van der Waals surface area (Å²) in [7, 11) is 1.56. The van der Waals surface area contributed by atoms with Crippen molar-refractivity contribution in [2.45, 2.75) is 13.8 Å². The van der Waals surface area contributed by atoms with Crippen LogP contribution < -0.4 is 9.47 Å². The van der Waals surface area contributed by atoms with E-state index in [-0.39, 0.29) is 17.1 Å². The zero-order valence-electron chi connectivity index (χ0n) is 12.8. The number of hydrogen-bond acceptors (Lipinski definition) is 6. The third-order valence-corrected chi connectivity index (χ3v) is 3.81. The molecule has 0 atom stereocenters. The highest BCUT2D eigenvalue weighted by molar-refractivity contribution is 14.1. The third-order valence-electron chi connectivity index (χ3n) is 3.01. The second-order valence-electron chi connectivity index (χ2n) is 4.54. The number of aromatic nitrogens is 1. The molecular weight excluding hydrogens is 415 g/mol. The molecule has 2 rings (SSSR count). The Balaban J connectivity index is 2.37. The average molecular weight is 430 g/mol. The molecule has 0 saturated carbocycles. The van der Waals surface area contributed by atoms with E-state index in [0.717, 1.165) is 9.13 Å². The normalized spacial score (nSPS) is 11.0. The molecule has 0 spiro atoms. The Morgan fingerprint density at radius 1 is 1.43 bits per heavy atom. The molecule has 1 heterocycles. The van der Waals surface area contributed by atoms with Crippen molar-refractivity contribution in [1.29, 1.82) is 0 Å². The maximum Gasteiger partial charge on any atom is 0.338 e. The molecular formula is C15H15IN2O5. The van der Waals surface area contributed by atoms with Crippen LogP contribution in [0.1, 0.15) is 23.9 Å². The predicted molar refractivity (Wildman–Crippen MR) is 93.7 cm³/mol. The molecule has 7 nitrogen and oxygen atoms in total. The first-order chi connectivity index (χ1) is 11.0. The molecule has 0 radical (unpaired) electrons. The van der Waals surface area contributed by atoms with Crippen LogP contribution in [-0.4, -0.2) is 23.8 Å². The molecule has 2 aromatic rings. The summed E-state index contributed by atoms with van der Waals surface area (Å²) >= 11 is 2.15. The summed E-state index contributed by atoms with van der Waals surface area (Å²) in [4.78, 5) is 10.5. The van der Waals surface area contributed by atoms with E-state index >= 15 is 0 Å². The Morgan fingerprint density at radius 2 is 2.17 bits per heavy atom. The first kappa shape index (κ1) is 17.3. The predicted octanol–water partition coefficient (Wildman–Crippen LogP) is 4.07. The second-order valence-corrected chi connectivity index (χ2v) is 5.70. The van der Waals surface area contributed by atoms with Gasteiger partial charge in [0.05, 0.1) is 22.2 Å². The monoisotopic (exact) mass is 430 g/mol. The fourth-order valence-electron chi connectivity index (χ4n) is 2.01. The molecule has 0 N–H and O–H groups in total. The Kier molecular flexibility index (Phi) is 5.59. The van der Waals surface area contributed by atoms with Gasteiger partial charge in [0.15, 0.2) is 17.2 Å². The van der Waals surface area contributed by atoms with Gasteiger partial charge in [-0.15, -0.1) is 0 Å². The first-order valence-corrected chi connectivity index (χ1v) is 7.84. The Morgan fingerprint density at radius 3 is 2.78 bits per heavy atom. The maximum absolute atomic E-state index is 11.0. The summed E-state index contributed by atoms with van der Waals surface area (Å²) < 4.78 is 16.8. The van der Waals surface area contributed by atoms with Crippen molar-refractivity contribution < 1.29 is 18.9 Å². The van der Waals surface area contributed by atoms with Gasteiger partial charge in [-0.05, 0) is 60.2 Å². The first-order valence-electron chi connectivity index (χ1n) is 6.77. The number of nitro groups is 1.